The summed E-state index contributed by atoms with van der Waals surface area (Å²) in [5.74, 6) is -4.04. The molecule has 5 N–H and O–H groups in total. The molecule has 2 aromatic rings. The molecule has 2 aliphatic rings. The lowest BCUT2D eigenvalue weighted by atomic mass is 9.77. The molecule has 0 radical (unpaired) electrons. The molecule has 4 heterocycles. The summed E-state index contributed by atoms with van der Waals surface area (Å²) in [6.45, 7) is 3.23. The molecule has 1 unspecified atom stereocenters. The zero-order valence-corrected chi connectivity index (χ0v) is 18.8. The Bertz CT molecular complexity index is 1200. The van der Waals surface area contributed by atoms with Crippen LogP contribution in [0.3, 0.4) is 0 Å². The first-order valence-electron chi connectivity index (χ1n) is 9.73. The van der Waals surface area contributed by atoms with E-state index in [1.54, 1.807) is 21.5 Å². The van der Waals surface area contributed by atoms with Crippen molar-refractivity contribution in [3.8, 4) is 0 Å². The van der Waals surface area contributed by atoms with Gasteiger partial charge in [-0.2, -0.15) is 4.40 Å². The van der Waals surface area contributed by atoms with Crippen molar-refractivity contribution in [2.24, 2.45) is 23.3 Å². The Morgan fingerprint density at radius 2 is 2.03 bits per heavy atom. The third-order valence-corrected chi connectivity index (χ3v) is 8.12. The number of imidazole rings is 1. The van der Waals surface area contributed by atoms with Crippen molar-refractivity contribution in [1.82, 2.24) is 9.30 Å². The summed E-state index contributed by atoms with van der Waals surface area (Å²) in [6.07, 6.45) is 2.42. The summed E-state index contributed by atoms with van der Waals surface area (Å²) in [4.78, 5) is 49.7. The number of carbonyl (C=O) groups excluding carboxylic acids is 4. The van der Waals surface area contributed by atoms with Gasteiger partial charge >= 0.3 is 0 Å². The lowest BCUT2D eigenvalue weighted by molar-refractivity contribution is -0.717. The number of primary amides is 2. The number of amides is 3. The van der Waals surface area contributed by atoms with Crippen LogP contribution in [0, 0.1) is 11.8 Å². The van der Waals surface area contributed by atoms with Crippen LogP contribution < -0.4 is 21.1 Å². The van der Waals surface area contributed by atoms with E-state index in [2.05, 4.69) is 0 Å². The van der Waals surface area contributed by atoms with Gasteiger partial charge in [-0.25, -0.2) is 4.57 Å². The second-order valence-electron chi connectivity index (χ2n) is 7.88. The molecule has 4 rings (SSSR count). The molecule has 0 saturated carbocycles. The number of aliphatic carboxylic acids is 1. The number of hydrogen-bond donors (Lipinski definition) is 3. The molecule has 170 valence electrons. The average molecular weight is 480 g/mol. The molecule has 4 atom stereocenters. The van der Waals surface area contributed by atoms with E-state index in [0.29, 0.717) is 20.3 Å². The van der Waals surface area contributed by atoms with E-state index in [1.807, 2.05) is 6.92 Å². The minimum absolute atomic E-state index is 0.0184. The first-order valence-corrected chi connectivity index (χ1v) is 11.5. The number of aromatic nitrogens is 2. The van der Waals surface area contributed by atoms with Gasteiger partial charge in [-0.15, -0.1) is 0 Å². The molecule has 13 heteroatoms. The molecule has 3 amide bonds. The van der Waals surface area contributed by atoms with Crippen LogP contribution in [-0.4, -0.2) is 56.0 Å². The van der Waals surface area contributed by atoms with Crippen LogP contribution in [0.15, 0.2) is 23.2 Å². The minimum Gasteiger partial charge on any atom is -0.543 e. The molecule has 2 aromatic heterocycles. The first kappa shape index (κ1) is 22.3. The zero-order valence-electron chi connectivity index (χ0n) is 17.2. The Balaban J connectivity index is 1.81. The molecule has 0 spiro atoms. The molecule has 0 aromatic carbocycles. The summed E-state index contributed by atoms with van der Waals surface area (Å²) in [5, 5.41) is 22.6. The minimum atomic E-state index is -1.46. The maximum atomic E-state index is 12.5. The molecular formula is C19H21N5O6S2. The Morgan fingerprint density at radius 1 is 1.34 bits per heavy atom. The summed E-state index contributed by atoms with van der Waals surface area (Å²) in [7, 11) is 0. The van der Waals surface area contributed by atoms with E-state index >= 15 is 0 Å². The number of carboxylic acids is 1. The number of hydrogen-bond acceptors (Lipinski definition) is 8. The summed E-state index contributed by atoms with van der Waals surface area (Å²) in [5.41, 5.74) is 10.8. The Morgan fingerprint density at radius 3 is 2.59 bits per heavy atom. The van der Waals surface area contributed by atoms with E-state index in [9.17, 15) is 29.4 Å². The molecular weight excluding hydrogens is 458 g/mol. The summed E-state index contributed by atoms with van der Waals surface area (Å²) < 4.78 is 3.31. The predicted octanol–water partition coefficient (Wildman–Crippen LogP) is -2.33. The van der Waals surface area contributed by atoms with Gasteiger partial charge in [0.2, 0.25) is 21.7 Å². The van der Waals surface area contributed by atoms with Crippen LogP contribution in [0.25, 0.3) is 10.4 Å². The standard InChI is InChI=1S/C19H21N5O6S2/c1-7-12(15(19(29)30)24-14(7)13(8(2)25)16(24)28)9-3-22-6-23(4-10(20)26)17(18(22)32-9)31-5-11(21)27/h3,6-8,13-14,25H,4-5H2,1-2H3,(H4-,20,21,26,27,29,30)/t7-,8+,13?,14-/m0/s1. The van der Waals surface area contributed by atoms with Crippen LogP contribution in [0.2, 0.25) is 0 Å². The van der Waals surface area contributed by atoms with Crippen LogP contribution in [0.1, 0.15) is 18.7 Å². The third kappa shape index (κ3) is 3.36. The fraction of sp³-hybridized carbons (Fsp3) is 0.421. The van der Waals surface area contributed by atoms with Crippen molar-refractivity contribution in [3.63, 3.8) is 0 Å². The van der Waals surface area contributed by atoms with Crippen molar-refractivity contribution in [1.29, 1.82) is 0 Å². The smallest absolute Gasteiger partial charge is 0.259 e. The Hall–Kier alpha value is -2.90. The summed E-state index contributed by atoms with van der Waals surface area (Å²) >= 11 is 2.40. The number of thioether (sulfide) groups is 1. The number of β-lactam (4-membered cyclic amide) rings is 1. The van der Waals surface area contributed by atoms with Gasteiger partial charge in [0.1, 0.15) is 6.20 Å². The van der Waals surface area contributed by atoms with Crippen LogP contribution >= 0.6 is 23.1 Å². The number of carboxylic acid groups (broad SMARTS) is 1. The van der Waals surface area contributed by atoms with Gasteiger partial charge in [0, 0.05) is 11.5 Å². The van der Waals surface area contributed by atoms with E-state index in [0.717, 1.165) is 11.8 Å². The number of carbonyl (C=O) groups is 4. The topological polar surface area (TPSA) is 175 Å². The molecule has 2 aliphatic heterocycles. The van der Waals surface area contributed by atoms with E-state index in [1.165, 1.54) is 23.2 Å². The zero-order chi connectivity index (χ0) is 23.5. The lowest BCUT2D eigenvalue weighted by Crippen LogP contribution is -2.64. The highest BCUT2D eigenvalue weighted by molar-refractivity contribution is 8.00. The van der Waals surface area contributed by atoms with Crippen molar-refractivity contribution in [2.75, 3.05) is 5.75 Å². The van der Waals surface area contributed by atoms with E-state index in [4.69, 9.17) is 11.5 Å². The van der Waals surface area contributed by atoms with Gasteiger partial charge in [0.25, 0.3) is 12.2 Å². The lowest BCUT2D eigenvalue weighted by Gasteiger charge is -2.47. The summed E-state index contributed by atoms with van der Waals surface area (Å²) in [6, 6.07) is -0.463. The number of nitrogens with zero attached hydrogens (tertiary/aromatic N) is 3. The monoisotopic (exact) mass is 479 g/mol. The number of aliphatic hydroxyl groups excluding tert-OH is 1. The average Bonchev–Trinajstić information content (AvgIpc) is 3.27. The van der Waals surface area contributed by atoms with Crippen LogP contribution in [0.4, 0.5) is 0 Å². The second kappa shape index (κ2) is 7.90. The van der Waals surface area contributed by atoms with Gasteiger partial charge in [-0.05, 0) is 6.92 Å². The largest absolute Gasteiger partial charge is 0.543 e. The maximum Gasteiger partial charge on any atom is 0.259 e. The van der Waals surface area contributed by atoms with Gasteiger partial charge in [0.15, 0.2) is 6.54 Å². The number of nitrogens with two attached hydrogens (primary N) is 2. The van der Waals surface area contributed by atoms with E-state index in [-0.39, 0.29) is 23.9 Å². The fourth-order valence-corrected chi connectivity index (χ4v) is 6.77. The maximum absolute atomic E-state index is 12.5. The van der Waals surface area contributed by atoms with Crippen molar-refractivity contribution < 1.29 is 34.0 Å². The first-order chi connectivity index (χ1) is 15.0. The van der Waals surface area contributed by atoms with Crippen molar-refractivity contribution >= 4 is 57.2 Å². The number of rotatable bonds is 8. The van der Waals surface area contributed by atoms with Gasteiger partial charge in [0.05, 0.1) is 40.4 Å². The van der Waals surface area contributed by atoms with Crippen molar-refractivity contribution in [2.45, 2.75) is 37.6 Å². The third-order valence-electron chi connectivity index (χ3n) is 5.71. The van der Waals surface area contributed by atoms with E-state index < -0.39 is 41.8 Å². The van der Waals surface area contributed by atoms with Gasteiger partial charge in [-0.1, -0.05) is 30.0 Å². The quantitative estimate of drug-likeness (QED) is 0.216. The second-order valence-corrected chi connectivity index (χ2v) is 9.88. The van der Waals surface area contributed by atoms with Gasteiger partial charge in [-0.3, -0.25) is 14.4 Å². The van der Waals surface area contributed by atoms with Crippen molar-refractivity contribution in [3.05, 3.63) is 23.1 Å². The van der Waals surface area contributed by atoms with Crippen LogP contribution in [0.5, 0.6) is 0 Å². The van der Waals surface area contributed by atoms with Gasteiger partial charge < -0.3 is 31.4 Å². The SMILES string of the molecule is C[C@@H](O)C1C(=O)N2C(C(=O)[O-])=C(c3cn4c[n+](CC(N)=O)c(SCC(N)=O)c4s3)[C@H](C)[C@@H]12. The Kier molecular flexibility index (Phi) is 5.51. The molecule has 1 saturated heterocycles. The molecule has 1 fully saturated rings. The number of fused-ring (bicyclic) bond motifs is 2. The highest BCUT2D eigenvalue weighted by atomic mass is 32.2. The fourth-order valence-electron chi connectivity index (χ4n) is 4.51. The Labute approximate surface area is 190 Å². The van der Waals surface area contributed by atoms with Crippen LogP contribution in [-0.2, 0) is 25.7 Å². The molecule has 32 heavy (non-hydrogen) atoms. The number of aliphatic hydroxyl groups is 1. The highest BCUT2D eigenvalue weighted by Crippen LogP contribution is 2.51. The molecule has 0 aliphatic carbocycles. The molecule has 0 bridgehead atoms. The number of thiazole rings is 1. The highest BCUT2D eigenvalue weighted by Gasteiger charge is 2.59. The molecule has 11 nitrogen and oxygen atoms in total. The predicted molar refractivity (Wildman–Crippen MR) is 111 cm³/mol. The normalized spacial score (nSPS) is 23.4.